The minimum atomic E-state index is -4.77. The molecule has 0 radical (unpaired) electrons. The highest BCUT2D eigenvalue weighted by atomic mass is 19.4. The number of hydrogen-bond donors (Lipinski definition) is 2. The first-order valence-corrected chi connectivity index (χ1v) is 7.67. The topological polar surface area (TPSA) is 58.6 Å². The zero-order valence-corrected chi connectivity index (χ0v) is 13.8. The fourth-order valence-corrected chi connectivity index (χ4v) is 2.92. The number of hydrogen-bond acceptors (Lipinski definition) is 3. The van der Waals surface area contributed by atoms with E-state index in [1.54, 1.807) is 0 Å². The molecule has 0 saturated heterocycles. The van der Waals surface area contributed by atoms with Crippen LogP contribution in [-0.4, -0.2) is 24.3 Å². The third-order valence-electron chi connectivity index (χ3n) is 4.03. The molecule has 2 N–H and O–H groups in total. The van der Waals surface area contributed by atoms with Crippen molar-refractivity contribution in [3.63, 3.8) is 0 Å². The largest absolute Gasteiger partial charge is 0.492 e. The predicted molar refractivity (Wildman–Crippen MR) is 87.1 cm³/mol. The second-order valence-corrected chi connectivity index (χ2v) is 6.43. The van der Waals surface area contributed by atoms with Gasteiger partial charge >= 0.3 is 13.4 Å². The van der Waals surface area contributed by atoms with Gasteiger partial charge in [-0.2, -0.15) is 13.2 Å². The van der Waals surface area contributed by atoms with Crippen LogP contribution in [0, 0.1) is 5.82 Å². The minimum absolute atomic E-state index is 0.247. The number of amides is 1. The molecule has 1 aromatic rings. The van der Waals surface area contributed by atoms with Crippen LogP contribution in [0.2, 0.25) is 0 Å². The maximum Gasteiger partial charge on any atom is 0.492 e. The maximum atomic E-state index is 12.3. The zero-order chi connectivity index (χ0) is 19.3. The fourth-order valence-electron chi connectivity index (χ4n) is 2.92. The van der Waals surface area contributed by atoms with E-state index >= 15 is 0 Å². The van der Waals surface area contributed by atoms with E-state index < -0.39 is 25.1 Å². The van der Waals surface area contributed by atoms with Gasteiger partial charge in [-0.3, -0.25) is 10.1 Å². The van der Waals surface area contributed by atoms with Gasteiger partial charge in [0.1, 0.15) is 5.82 Å². The number of alkyl halides is 3. The van der Waals surface area contributed by atoms with Gasteiger partial charge in [-0.15, -0.1) is 0 Å². The van der Waals surface area contributed by atoms with Crippen molar-refractivity contribution >= 4 is 18.5 Å². The molecule has 0 unspecified atom stereocenters. The van der Waals surface area contributed by atoms with Crippen LogP contribution in [0.15, 0.2) is 36.4 Å². The van der Waals surface area contributed by atoms with Gasteiger partial charge in [-0.1, -0.05) is 6.07 Å². The Balaban J connectivity index is 0.000000152. The van der Waals surface area contributed by atoms with Gasteiger partial charge in [-0.25, -0.2) is 4.39 Å². The maximum absolute atomic E-state index is 12.3. The molecular weight excluding hydrogens is 353 g/mol. The monoisotopic (exact) mass is 367 g/mol. The second kappa shape index (κ2) is 6.10. The lowest BCUT2D eigenvalue weighted by Crippen LogP contribution is -2.37. The Labute approximate surface area is 146 Å². The third-order valence-corrected chi connectivity index (χ3v) is 4.03. The van der Waals surface area contributed by atoms with Gasteiger partial charge in [0, 0.05) is 5.56 Å². The van der Waals surface area contributed by atoms with E-state index in [9.17, 15) is 27.4 Å². The normalized spacial score (nSPS) is 15.7. The first-order valence-electron chi connectivity index (χ1n) is 7.67. The van der Waals surface area contributed by atoms with Crippen LogP contribution in [0.5, 0.6) is 0 Å². The molecule has 136 valence electrons. The molecule has 4 nitrogen and oxygen atoms in total. The Morgan fingerprint density at radius 1 is 1.19 bits per heavy atom. The molecule has 0 atom stereocenters. The molecule has 0 aromatic heterocycles. The number of carbonyl (C=O) groups is 1. The molecule has 0 spiro atoms. The van der Waals surface area contributed by atoms with Crippen LogP contribution < -0.4 is 10.8 Å². The summed E-state index contributed by atoms with van der Waals surface area (Å²) in [6.45, 7) is 3.99. The van der Waals surface area contributed by atoms with Crippen molar-refractivity contribution < 1.29 is 32.0 Å². The van der Waals surface area contributed by atoms with Crippen molar-refractivity contribution in [3.8, 4) is 11.1 Å². The highest BCUT2D eigenvalue weighted by molar-refractivity contribution is 6.63. The fraction of sp³-hybridized carbons (Fsp3) is 0.235. The Bertz CT molecular complexity index is 866. The van der Waals surface area contributed by atoms with Crippen LogP contribution in [0.3, 0.4) is 0 Å². The molecule has 1 aromatic carbocycles. The van der Waals surface area contributed by atoms with Crippen molar-refractivity contribution in [2.45, 2.75) is 25.7 Å². The Kier molecular flexibility index (Phi) is 4.32. The molecule has 4 rings (SSSR count). The number of halogens is 4. The molecular formula is C17H14BF4NO3. The van der Waals surface area contributed by atoms with Crippen LogP contribution in [0.25, 0.3) is 11.1 Å². The van der Waals surface area contributed by atoms with Gasteiger partial charge < -0.3 is 9.68 Å². The molecule has 3 aliphatic rings. The number of benzene rings is 2. The average molecular weight is 367 g/mol. The van der Waals surface area contributed by atoms with Gasteiger partial charge in [-0.05, 0) is 66.3 Å². The lowest BCUT2D eigenvalue weighted by atomic mass is 9.81. The molecule has 9 heteroatoms. The Morgan fingerprint density at radius 2 is 1.81 bits per heavy atom. The third kappa shape index (κ3) is 3.73. The SMILES string of the molecule is CC1(C)OB(O)c2cc3cc-3c21.O=C(NC(F)(F)F)c1ccc(F)cc1. The Morgan fingerprint density at radius 3 is 2.35 bits per heavy atom. The average Bonchev–Trinajstić information content (AvgIpc) is 3.07. The number of fused-ring (bicyclic) bond motifs is 3. The standard InChI is InChI=1S/C9H9BO2.C8H5F4NO/c1-9(2)8-6-3-5(6)4-7(8)10(11)12-9;9-6-3-1-5(2-4-6)7(14)13-8(10,11)12/h3-4,11H,1-2H3;1-4H,(H,13,14). The van der Waals surface area contributed by atoms with E-state index in [1.165, 1.54) is 16.7 Å². The van der Waals surface area contributed by atoms with Crippen molar-refractivity contribution in [3.05, 3.63) is 53.3 Å². The van der Waals surface area contributed by atoms with E-state index in [1.807, 2.05) is 19.9 Å². The van der Waals surface area contributed by atoms with Crippen molar-refractivity contribution in [1.82, 2.24) is 5.32 Å². The molecule has 26 heavy (non-hydrogen) atoms. The summed E-state index contributed by atoms with van der Waals surface area (Å²) in [7, 11) is -0.712. The van der Waals surface area contributed by atoms with Crippen LogP contribution in [0.1, 0.15) is 29.8 Å². The van der Waals surface area contributed by atoms with Crippen molar-refractivity contribution in [2.75, 3.05) is 0 Å². The lowest BCUT2D eigenvalue weighted by molar-refractivity contribution is -0.146. The molecule has 2 aliphatic carbocycles. The highest BCUT2D eigenvalue weighted by Gasteiger charge is 2.46. The van der Waals surface area contributed by atoms with E-state index in [0.29, 0.717) is 0 Å². The minimum Gasteiger partial charge on any atom is -0.423 e. The molecule has 0 fully saturated rings. The van der Waals surface area contributed by atoms with Crippen LogP contribution >= 0.6 is 0 Å². The second-order valence-electron chi connectivity index (χ2n) is 6.43. The number of rotatable bonds is 1. The molecule has 1 aliphatic heterocycles. The molecule has 1 heterocycles. The zero-order valence-electron chi connectivity index (χ0n) is 13.8. The van der Waals surface area contributed by atoms with E-state index in [-0.39, 0.29) is 11.2 Å². The highest BCUT2D eigenvalue weighted by Crippen LogP contribution is 2.46. The van der Waals surface area contributed by atoms with Gasteiger partial charge in [0.05, 0.1) is 5.60 Å². The van der Waals surface area contributed by atoms with Gasteiger partial charge in [0.25, 0.3) is 5.91 Å². The van der Waals surface area contributed by atoms with Crippen LogP contribution in [0.4, 0.5) is 17.6 Å². The smallest absolute Gasteiger partial charge is 0.423 e. The molecule has 0 saturated carbocycles. The summed E-state index contributed by atoms with van der Waals surface area (Å²) in [6, 6.07) is 7.90. The van der Waals surface area contributed by atoms with Gasteiger partial charge in [0.2, 0.25) is 0 Å². The molecule has 0 bridgehead atoms. The predicted octanol–water partition coefficient (Wildman–Crippen LogP) is 2.70. The summed E-state index contributed by atoms with van der Waals surface area (Å²) in [5.41, 5.74) is 4.15. The van der Waals surface area contributed by atoms with Crippen LogP contribution in [-0.2, 0) is 10.3 Å². The first-order chi connectivity index (χ1) is 12.0. The quantitative estimate of drug-likeness (QED) is 0.395. The summed E-state index contributed by atoms with van der Waals surface area (Å²) >= 11 is 0. The number of nitrogens with one attached hydrogen (secondary N) is 1. The lowest BCUT2D eigenvalue weighted by Gasteiger charge is -2.19. The van der Waals surface area contributed by atoms with E-state index in [4.69, 9.17) is 4.65 Å². The Hall–Kier alpha value is -2.39. The van der Waals surface area contributed by atoms with Crippen molar-refractivity contribution in [2.24, 2.45) is 0 Å². The summed E-state index contributed by atoms with van der Waals surface area (Å²) < 4.78 is 52.7. The van der Waals surface area contributed by atoms with Gasteiger partial charge in [0.15, 0.2) is 0 Å². The van der Waals surface area contributed by atoms with Crippen molar-refractivity contribution in [1.29, 1.82) is 0 Å². The van der Waals surface area contributed by atoms with E-state index in [0.717, 1.165) is 35.0 Å². The molecule has 1 amide bonds. The number of carbonyl (C=O) groups excluding carboxylic acids is 1. The first kappa shape index (κ1) is 18.4. The summed E-state index contributed by atoms with van der Waals surface area (Å²) in [5, 5.41) is 10.3. The summed E-state index contributed by atoms with van der Waals surface area (Å²) in [5.74, 6) is -1.92. The summed E-state index contributed by atoms with van der Waals surface area (Å²) in [4.78, 5) is 10.8. The summed E-state index contributed by atoms with van der Waals surface area (Å²) in [6.07, 6.45) is -4.77. The van der Waals surface area contributed by atoms with E-state index in [2.05, 4.69) is 6.07 Å².